The number of rotatable bonds is 3. The molecule has 0 radical (unpaired) electrons. The van der Waals surface area contributed by atoms with Crippen LogP contribution in [0.5, 0.6) is 0 Å². The molecule has 1 fully saturated rings. The zero-order valence-electron chi connectivity index (χ0n) is 15.0. The van der Waals surface area contributed by atoms with Gasteiger partial charge in [0.05, 0.1) is 0 Å². The van der Waals surface area contributed by atoms with E-state index in [4.69, 9.17) is 11.6 Å². The summed E-state index contributed by atoms with van der Waals surface area (Å²) < 4.78 is 1.96. The largest absolute Gasteiger partial charge is 0.340 e. The van der Waals surface area contributed by atoms with Crippen molar-refractivity contribution in [3.63, 3.8) is 0 Å². The molecule has 1 aromatic heterocycles. The molecule has 4 heteroatoms. The Morgan fingerprint density at radius 2 is 1.81 bits per heavy atom. The molecular weight excluding hydrogens is 344 g/mol. The average molecular weight is 367 g/mol. The van der Waals surface area contributed by atoms with Gasteiger partial charge in [-0.2, -0.15) is 0 Å². The molecule has 0 N–H and O–H groups in total. The van der Waals surface area contributed by atoms with E-state index < -0.39 is 0 Å². The van der Waals surface area contributed by atoms with E-state index in [0.717, 1.165) is 48.9 Å². The Morgan fingerprint density at radius 1 is 1.08 bits per heavy atom. The molecule has 3 aromatic rings. The lowest BCUT2D eigenvalue weighted by atomic mass is 9.90. The lowest BCUT2D eigenvalue weighted by Gasteiger charge is -2.32. The van der Waals surface area contributed by atoms with Crippen LogP contribution >= 0.6 is 11.6 Å². The minimum Gasteiger partial charge on any atom is -0.340 e. The number of carbonyl (C=O) groups excluding carboxylic acids is 1. The van der Waals surface area contributed by atoms with E-state index in [-0.39, 0.29) is 5.91 Å². The topological polar surface area (TPSA) is 25.2 Å². The van der Waals surface area contributed by atoms with Gasteiger partial charge >= 0.3 is 0 Å². The summed E-state index contributed by atoms with van der Waals surface area (Å²) in [7, 11) is 1.94. The molecule has 0 bridgehead atoms. The van der Waals surface area contributed by atoms with Crippen LogP contribution in [0.1, 0.15) is 28.9 Å². The number of likely N-dealkylation sites (tertiary alicyclic amines) is 1. The van der Waals surface area contributed by atoms with Crippen molar-refractivity contribution < 1.29 is 4.79 Å². The summed E-state index contributed by atoms with van der Waals surface area (Å²) in [5.41, 5.74) is 3.11. The maximum Gasteiger partial charge on any atom is 0.270 e. The van der Waals surface area contributed by atoms with E-state index in [2.05, 4.69) is 30.3 Å². The molecule has 1 amide bonds. The third-order valence-electron chi connectivity index (χ3n) is 5.52. The van der Waals surface area contributed by atoms with E-state index in [0.29, 0.717) is 10.9 Å². The second-order valence-corrected chi connectivity index (χ2v) is 7.59. The second kappa shape index (κ2) is 7.16. The van der Waals surface area contributed by atoms with Gasteiger partial charge in [-0.25, -0.2) is 0 Å². The third-order valence-corrected chi connectivity index (χ3v) is 5.85. The van der Waals surface area contributed by atoms with Crippen LogP contribution in [0.4, 0.5) is 0 Å². The van der Waals surface area contributed by atoms with Crippen molar-refractivity contribution in [2.75, 3.05) is 13.1 Å². The Labute approximate surface area is 159 Å². The van der Waals surface area contributed by atoms with Gasteiger partial charge in [-0.3, -0.25) is 4.79 Å². The van der Waals surface area contributed by atoms with Crippen LogP contribution in [-0.2, 0) is 13.5 Å². The average Bonchev–Trinajstić information content (AvgIpc) is 3.01. The molecule has 26 heavy (non-hydrogen) atoms. The number of amides is 1. The molecule has 1 aliphatic heterocycles. The van der Waals surface area contributed by atoms with Crippen molar-refractivity contribution in [2.24, 2.45) is 13.0 Å². The number of fused-ring (bicyclic) bond motifs is 1. The fraction of sp³-hybridized carbons (Fsp3) is 0.318. The standard InChI is InChI=1S/C22H23ClN2O/c1-24-20-9-5-8-19(23)18(20)15-21(24)22(26)25-12-10-17(11-13-25)14-16-6-3-2-4-7-16/h2-9,15,17H,10-14H2,1H3. The van der Waals surface area contributed by atoms with Gasteiger partial charge < -0.3 is 9.47 Å². The normalized spacial score (nSPS) is 15.5. The highest BCUT2D eigenvalue weighted by Crippen LogP contribution is 2.28. The van der Waals surface area contributed by atoms with Crippen LogP contribution in [0.3, 0.4) is 0 Å². The first kappa shape index (κ1) is 17.2. The van der Waals surface area contributed by atoms with Crippen LogP contribution in [0.25, 0.3) is 10.9 Å². The summed E-state index contributed by atoms with van der Waals surface area (Å²) in [5.74, 6) is 0.765. The van der Waals surface area contributed by atoms with E-state index in [9.17, 15) is 4.79 Å². The Balaban J connectivity index is 1.45. The molecule has 0 spiro atoms. The molecule has 1 aliphatic rings. The quantitative estimate of drug-likeness (QED) is 0.645. The highest BCUT2D eigenvalue weighted by molar-refractivity contribution is 6.35. The number of halogens is 1. The molecule has 3 nitrogen and oxygen atoms in total. The third kappa shape index (κ3) is 3.24. The SMILES string of the molecule is Cn1c(C(=O)N2CCC(Cc3ccccc3)CC2)cc2c(Cl)cccc21. The summed E-state index contributed by atoms with van der Waals surface area (Å²) in [6.45, 7) is 1.65. The van der Waals surface area contributed by atoms with Crippen molar-refractivity contribution in [3.8, 4) is 0 Å². The lowest BCUT2D eigenvalue weighted by Crippen LogP contribution is -2.39. The number of benzene rings is 2. The molecule has 134 valence electrons. The molecule has 1 saturated heterocycles. The molecule has 0 saturated carbocycles. The summed E-state index contributed by atoms with van der Waals surface area (Å²) >= 11 is 6.29. The van der Waals surface area contributed by atoms with E-state index in [1.165, 1.54) is 5.56 Å². The first-order valence-electron chi connectivity index (χ1n) is 9.20. The second-order valence-electron chi connectivity index (χ2n) is 7.19. The monoisotopic (exact) mass is 366 g/mol. The summed E-state index contributed by atoms with van der Waals surface area (Å²) in [6.07, 6.45) is 3.23. The summed E-state index contributed by atoms with van der Waals surface area (Å²) in [6, 6.07) is 18.4. The van der Waals surface area contributed by atoms with Gasteiger partial charge in [-0.05, 0) is 48.9 Å². The van der Waals surface area contributed by atoms with Gasteiger partial charge in [-0.15, -0.1) is 0 Å². The van der Waals surface area contributed by atoms with Crippen LogP contribution in [0, 0.1) is 5.92 Å². The fourth-order valence-corrected chi connectivity index (χ4v) is 4.20. The number of aryl methyl sites for hydroxylation is 1. The summed E-state index contributed by atoms with van der Waals surface area (Å²) in [4.78, 5) is 15.0. The molecule has 2 aromatic carbocycles. The number of hydrogen-bond acceptors (Lipinski definition) is 1. The van der Waals surface area contributed by atoms with Crippen molar-refractivity contribution in [1.82, 2.24) is 9.47 Å². The number of carbonyl (C=O) groups is 1. The van der Waals surface area contributed by atoms with E-state index in [1.807, 2.05) is 40.8 Å². The predicted octanol–water partition coefficient (Wildman–Crippen LogP) is 4.93. The van der Waals surface area contributed by atoms with Crippen molar-refractivity contribution in [1.29, 1.82) is 0 Å². The smallest absolute Gasteiger partial charge is 0.270 e. The zero-order valence-corrected chi connectivity index (χ0v) is 15.7. The Kier molecular flexibility index (Phi) is 4.73. The van der Waals surface area contributed by atoms with Crippen LogP contribution in [-0.4, -0.2) is 28.5 Å². The van der Waals surface area contributed by atoms with E-state index in [1.54, 1.807) is 0 Å². The van der Waals surface area contributed by atoms with Crippen molar-refractivity contribution in [2.45, 2.75) is 19.3 Å². The molecule has 0 aliphatic carbocycles. The van der Waals surface area contributed by atoms with Gasteiger partial charge in [0.2, 0.25) is 0 Å². The van der Waals surface area contributed by atoms with Crippen LogP contribution in [0.2, 0.25) is 5.02 Å². The maximum atomic E-state index is 13.0. The predicted molar refractivity (Wildman–Crippen MR) is 107 cm³/mol. The van der Waals surface area contributed by atoms with Gasteiger partial charge in [-0.1, -0.05) is 48.0 Å². The first-order valence-corrected chi connectivity index (χ1v) is 9.58. The van der Waals surface area contributed by atoms with Crippen LogP contribution in [0.15, 0.2) is 54.6 Å². The van der Waals surface area contributed by atoms with Crippen LogP contribution < -0.4 is 0 Å². The van der Waals surface area contributed by atoms with Crippen molar-refractivity contribution in [3.05, 3.63) is 70.9 Å². The van der Waals surface area contributed by atoms with Gasteiger partial charge in [0.15, 0.2) is 0 Å². The number of hydrogen-bond donors (Lipinski definition) is 0. The Hall–Kier alpha value is -2.26. The highest BCUT2D eigenvalue weighted by Gasteiger charge is 2.26. The molecular formula is C22H23ClN2O. The highest BCUT2D eigenvalue weighted by atomic mass is 35.5. The van der Waals surface area contributed by atoms with Gasteiger partial charge in [0.25, 0.3) is 5.91 Å². The van der Waals surface area contributed by atoms with Gasteiger partial charge in [0, 0.05) is 36.1 Å². The van der Waals surface area contributed by atoms with Crippen molar-refractivity contribution >= 4 is 28.4 Å². The summed E-state index contributed by atoms with van der Waals surface area (Å²) in [5, 5.41) is 1.64. The number of nitrogens with zero attached hydrogens (tertiary/aromatic N) is 2. The minimum atomic E-state index is 0.109. The minimum absolute atomic E-state index is 0.109. The first-order chi connectivity index (χ1) is 12.6. The fourth-order valence-electron chi connectivity index (χ4n) is 3.98. The van der Waals surface area contributed by atoms with E-state index >= 15 is 0 Å². The zero-order chi connectivity index (χ0) is 18.1. The Bertz CT molecular complexity index is 924. The molecule has 0 atom stereocenters. The number of aromatic nitrogens is 1. The van der Waals surface area contributed by atoms with Gasteiger partial charge in [0.1, 0.15) is 5.69 Å². The lowest BCUT2D eigenvalue weighted by molar-refractivity contribution is 0.0681. The molecule has 0 unspecified atom stereocenters. The Morgan fingerprint density at radius 3 is 2.50 bits per heavy atom. The maximum absolute atomic E-state index is 13.0. The molecule has 4 rings (SSSR count). The number of piperidine rings is 1. The molecule has 2 heterocycles.